The van der Waals surface area contributed by atoms with E-state index >= 15 is 0 Å². The Morgan fingerprint density at radius 3 is 2.86 bits per heavy atom. The number of carbonyl (C=O) groups excluding carboxylic acids is 1. The van der Waals surface area contributed by atoms with Gasteiger partial charge in [0.2, 0.25) is 0 Å². The number of likely N-dealkylation sites (N-methyl/N-ethyl adjacent to an activating group) is 1. The lowest BCUT2D eigenvalue weighted by atomic mass is 9.99. The molecule has 1 aliphatic heterocycles. The third-order valence-electron chi connectivity index (χ3n) is 4.20. The van der Waals surface area contributed by atoms with Gasteiger partial charge in [0.25, 0.3) is 0 Å². The van der Waals surface area contributed by atoms with E-state index in [1.807, 2.05) is 14.0 Å². The van der Waals surface area contributed by atoms with Crippen LogP contribution in [0.3, 0.4) is 0 Å². The Labute approximate surface area is 127 Å². The first-order valence-electron chi connectivity index (χ1n) is 7.85. The Bertz CT molecular complexity index is 436. The van der Waals surface area contributed by atoms with Gasteiger partial charge in [0.05, 0.1) is 6.61 Å². The molecule has 4 heteroatoms. The fourth-order valence-electron chi connectivity index (χ4n) is 2.97. The van der Waals surface area contributed by atoms with Crippen molar-refractivity contribution < 1.29 is 9.53 Å². The van der Waals surface area contributed by atoms with Gasteiger partial charge in [-0.05, 0) is 44.8 Å². The molecule has 0 spiro atoms. The SMILES string of the molecule is CCOC(=O)C(CCN1CCC(c2ccccc2)C1)NC. The molecule has 2 rings (SSSR count). The van der Waals surface area contributed by atoms with E-state index in [1.54, 1.807) is 0 Å². The standard InChI is InChI=1S/C17H26N2O2/c1-3-21-17(20)16(18-2)10-12-19-11-9-15(13-19)14-7-5-4-6-8-14/h4-8,15-16,18H,3,9-13H2,1-2H3. The van der Waals surface area contributed by atoms with Crippen molar-refractivity contribution in [2.24, 2.45) is 0 Å². The van der Waals surface area contributed by atoms with Crippen LogP contribution >= 0.6 is 0 Å². The summed E-state index contributed by atoms with van der Waals surface area (Å²) in [5.41, 5.74) is 1.43. The Morgan fingerprint density at radius 1 is 1.43 bits per heavy atom. The molecule has 1 aromatic rings. The molecule has 0 aliphatic carbocycles. The zero-order valence-corrected chi connectivity index (χ0v) is 13.0. The van der Waals surface area contributed by atoms with Crippen molar-refractivity contribution in [3.8, 4) is 0 Å². The number of carbonyl (C=O) groups is 1. The molecular formula is C17H26N2O2. The summed E-state index contributed by atoms with van der Waals surface area (Å²) in [6.45, 7) is 5.42. The molecule has 0 radical (unpaired) electrons. The number of hydrogen-bond acceptors (Lipinski definition) is 4. The van der Waals surface area contributed by atoms with Crippen molar-refractivity contribution in [3.63, 3.8) is 0 Å². The van der Waals surface area contributed by atoms with Crippen LogP contribution in [-0.2, 0) is 9.53 Å². The number of nitrogens with one attached hydrogen (secondary N) is 1. The second-order valence-electron chi connectivity index (χ2n) is 5.58. The van der Waals surface area contributed by atoms with Gasteiger partial charge in [-0.3, -0.25) is 4.79 Å². The zero-order chi connectivity index (χ0) is 15.1. The number of nitrogens with zero attached hydrogens (tertiary/aromatic N) is 1. The predicted molar refractivity (Wildman–Crippen MR) is 84.3 cm³/mol. The first-order valence-corrected chi connectivity index (χ1v) is 7.85. The summed E-state index contributed by atoms with van der Waals surface area (Å²) in [6, 6.07) is 10.5. The molecule has 116 valence electrons. The molecule has 1 heterocycles. The van der Waals surface area contributed by atoms with Crippen LogP contribution in [0.2, 0.25) is 0 Å². The largest absolute Gasteiger partial charge is 0.465 e. The van der Waals surface area contributed by atoms with E-state index in [0.717, 1.165) is 26.1 Å². The summed E-state index contributed by atoms with van der Waals surface area (Å²) >= 11 is 0. The Kier molecular flexibility index (Phi) is 6.21. The molecular weight excluding hydrogens is 264 g/mol. The number of ether oxygens (including phenoxy) is 1. The monoisotopic (exact) mass is 290 g/mol. The van der Waals surface area contributed by atoms with Crippen LogP contribution in [0.4, 0.5) is 0 Å². The number of esters is 1. The van der Waals surface area contributed by atoms with Crippen molar-refractivity contribution in [1.82, 2.24) is 10.2 Å². The number of likely N-dealkylation sites (tertiary alicyclic amines) is 1. The molecule has 0 bridgehead atoms. The first-order chi connectivity index (χ1) is 10.2. The van der Waals surface area contributed by atoms with Crippen LogP contribution in [0, 0.1) is 0 Å². The highest BCUT2D eigenvalue weighted by atomic mass is 16.5. The van der Waals surface area contributed by atoms with Crippen molar-refractivity contribution in [2.45, 2.75) is 31.7 Å². The Balaban J connectivity index is 1.78. The van der Waals surface area contributed by atoms with Crippen LogP contribution in [0.15, 0.2) is 30.3 Å². The van der Waals surface area contributed by atoms with Crippen LogP contribution in [0.1, 0.15) is 31.2 Å². The summed E-state index contributed by atoms with van der Waals surface area (Å²) in [5.74, 6) is 0.487. The highest BCUT2D eigenvalue weighted by Crippen LogP contribution is 2.26. The molecule has 1 aromatic carbocycles. The van der Waals surface area contributed by atoms with E-state index in [1.165, 1.54) is 12.0 Å². The van der Waals surface area contributed by atoms with Gasteiger partial charge in [0.15, 0.2) is 0 Å². The molecule has 1 saturated heterocycles. The lowest BCUT2D eigenvalue weighted by molar-refractivity contribution is -0.145. The van der Waals surface area contributed by atoms with Gasteiger partial charge in [0.1, 0.15) is 6.04 Å². The van der Waals surface area contributed by atoms with Gasteiger partial charge in [-0.15, -0.1) is 0 Å². The topological polar surface area (TPSA) is 41.6 Å². The maximum atomic E-state index is 11.8. The quantitative estimate of drug-likeness (QED) is 0.780. The fourth-order valence-corrected chi connectivity index (χ4v) is 2.97. The van der Waals surface area contributed by atoms with E-state index in [-0.39, 0.29) is 12.0 Å². The molecule has 0 aromatic heterocycles. The lowest BCUT2D eigenvalue weighted by Gasteiger charge is -2.20. The highest BCUT2D eigenvalue weighted by molar-refractivity contribution is 5.75. The van der Waals surface area contributed by atoms with E-state index < -0.39 is 0 Å². The molecule has 2 unspecified atom stereocenters. The van der Waals surface area contributed by atoms with Crippen LogP contribution in [0.5, 0.6) is 0 Å². The van der Waals surface area contributed by atoms with Crippen LogP contribution in [-0.4, -0.2) is 50.2 Å². The van der Waals surface area contributed by atoms with Gasteiger partial charge in [-0.25, -0.2) is 0 Å². The third kappa shape index (κ3) is 4.55. The molecule has 4 nitrogen and oxygen atoms in total. The molecule has 2 atom stereocenters. The summed E-state index contributed by atoms with van der Waals surface area (Å²) in [4.78, 5) is 14.2. The normalized spacial score (nSPS) is 20.4. The number of rotatable bonds is 7. The predicted octanol–water partition coefficient (Wildman–Crippen LogP) is 2.02. The minimum absolute atomic E-state index is 0.140. The van der Waals surface area contributed by atoms with Crippen LogP contribution < -0.4 is 5.32 Å². The van der Waals surface area contributed by atoms with Crippen molar-refractivity contribution in [1.29, 1.82) is 0 Å². The number of hydrogen-bond donors (Lipinski definition) is 1. The average Bonchev–Trinajstić information content (AvgIpc) is 2.98. The lowest BCUT2D eigenvalue weighted by Crippen LogP contribution is -2.38. The van der Waals surface area contributed by atoms with E-state index in [0.29, 0.717) is 12.5 Å². The highest BCUT2D eigenvalue weighted by Gasteiger charge is 2.25. The maximum absolute atomic E-state index is 11.8. The average molecular weight is 290 g/mol. The number of benzene rings is 1. The molecule has 1 fully saturated rings. The molecule has 0 saturated carbocycles. The summed E-state index contributed by atoms with van der Waals surface area (Å²) < 4.78 is 5.08. The molecule has 1 N–H and O–H groups in total. The minimum Gasteiger partial charge on any atom is -0.465 e. The van der Waals surface area contributed by atoms with E-state index in [9.17, 15) is 4.79 Å². The fraction of sp³-hybridized carbons (Fsp3) is 0.588. The second kappa shape index (κ2) is 8.15. The first kappa shape index (κ1) is 16.0. The van der Waals surface area contributed by atoms with Gasteiger partial charge < -0.3 is 15.0 Å². The van der Waals surface area contributed by atoms with E-state index in [4.69, 9.17) is 4.74 Å². The maximum Gasteiger partial charge on any atom is 0.323 e. The third-order valence-corrected chi connectivity index (χ3v) is 4.20. The van der Waals surface area contributed by atoms with Gasteiger partial charge >= 0.3 is 5.97 Å². The summed E-state index contributed by atoms with van der Waals surface area (Å²) in [5, 5.41) is 3.05. The van der Waals surface area contributed by atoms with Crippen LogP contribution in [0.25, 0.3) is 0 Å². The molecule has 21 heavy (non-hydrogen) atoms. The molecule has 0 amide bonds. The molecule has 1 aliphatic rings. The van der Waals surface area contributed by atoms with Gasteiger partial charge in [-0.2, -0.15) is 0 Å². The van der Waals surface area contributed by atoms with Crippen molar-refractivity contribution in [3.05, 3.63) is 35.9 Å². The minimum atomic E-state index is -0.194. The zero-order valence-electron chi connectivity index (χ0n) is 13.0. The van der Waals surface area contributed by atoms with E-state index in [2.05, 4.69) is 40.5 Å². The van der Waals surface area contributed by atoms with Crippen molar-refractivity contribution >= 4 is 5.97 Å². The van der Waals surface area contributed by atoms with Crippen molar-refractivity contribution in [2.75, 3.05) is 33.3 Å². The van der Waals surface area contributed by atoms with Gasteiger partial charge in [-0.1, -0.05) is 30.3 Å². The summed E-state index contributed by atoms with van der Waals surface area (Å²) in [7, 11) is 1.82. The smallest absolute Gasteiger partial charge is 0.323 e. The second-order valence-corrected chi connectivity index (χ2v) is 5.58. The van der Waals surface area contributed by atoms with Gasteiger partial charge in [0, 0.05) is 13.1 Å². The summed E-state index contributed by atoms with van der Waals surface area (Å²) in [6.07, 6.45) is 2.00. The Morgan fingerprint density at radius 2 is 2.19 bits per heavy atom. The Hall–Kier alpha value is -1.39.